The third kappa shape index (κ3) is 5.81. The lowest BCUT2D eigenvalue weighted by molar-refractivity contribution is 0.483. The monoisotopic (exact) mass is 622 g/mol. The largest absolute Gasteiger partial charge is 0.457 e. The van der Waals surface area contributed by atoms with Gasteiger partial charge in [0.1, 0.15) is 17.3 Å². The van der Waals surface area contributed by atoms with Gasteiger partial charge < -0.3 is 4.74 Å². The molecule has 0 aliphatic rings. The Morgan fingerprint density at radius 2 is 1.59 bits per heavy atom. The van der Waals surface area contributed by atoms with E-state index in [4.69, 9.17) is 14.8 Å². The standard InChI is InChI=1S/C40H38N4OS/c1-6-46-34-19-27(4)40(28(5)20-34)30-24-42-43(25-30)31-10-9-11-32(22-31)45-33-14-15-36-35-12-7-8-13-37(35)44(38(36)23-33)39-21-29(16-17-41-39)18-26(2)3/h7-17,19-26H,6,18H2,1-5H3. The summed E-state index contributed by atoms with van der Waals surface area (Å²) in [5.41, 5.74) is 9.31. The number of para-hydroxylation sites is 1. The first-order chi connectivity index (χ1) is 22.4. The molecule has 0 aliphatic carbocycles. The summed E-state index contributed by atoms with van der Waals surface area (Å²) in [5, 5.41) is 7.10. The second-order valence-electron chi connectivity index (χ2n) is 12.3. The lowest BCUT2D eigenvalue weighted by atomic mass is 9.98. The molecule has 0 bridgehead atoms. The summed E-state index contributed by atoms with van der Waals surface area (Å²) >= 11 is 1.88. The Labute approximate surface area is 274 Å². The van der Waals surface area contributed by atoms with E-state index in [-0.39, 0.29) is 0 Å². The Morgan fingerprint density at radius 1 is 0.804 bits per heavy atom. The maximum Gasteiger partial charge on any atom is 0.137 e. The van der Waals surface area contributed by atoms with Crippen molar-refractivity contribution in [3.63, 3.8) is 0 Å². The molecule has 3 heterocycles. The molecule has 230 valence electrons. The summed E-state index contributed by atoms with van der Waals surface area (Å²) in [5.74, 6) is 4.07. The number of fused-ring (bicyclic) bond motifs is 3. The number of ether oxygens (including phenoxy) is 1. The SMILES string of the molecule is CCSc1cc(C)c(-c2cnn(-c3cccc(Oc4ccc5c6ccccc6n(-c6cc(CC(C)C)ccn6)c5c4)c3)c2)c(C)c1. The van der Waals surface area contributed by atoms with Crippen LogP contribution in [-0.4, -0.2) is 25.1 Å². The van der Waals surface area contributed by atoms with Crippen LogP contribution in [0.25, 0.3) is 44.4 Å². The molecule has 0 aliphatic heterocycles. The average Bonchev–Trinajstić information content (AvgIpc) is 3.64. The molecule has 0 N–H and O–H groups in total. The number of aryl methyl sites for hydroxylation is 2. The number of aromatic nitrogens is 4. The smallest absolute Gasteiger partial charge is 0.137 e. The molecule has 46 heavy (non-hydrogen) atoms. The topological polar surface area (TPSA) is 44.9 Å². The minimum atomic E-state index is 0.571. The molecule has 0 unspecified atom stereocenters. The maximum absolute atomic E-state index is 6.50. The van der Waals surface area contributed by atoms with Crippen LogP contribution in [-0.2, 0) is 6.42 Å². The molecular formula is C40H38N4OS. The van der Waals surface area contributed by atoms with Crippen LogP contribution in [0.3, 0.4) is 0 Å². The van der Waals surface area contributed by atoms with Crippen LogP contribution in [0.4, 0.5) is 0 Å². The molecule has 0 spiro atoms. The van der Waals surface area contributed by atoms with E-state index < -0.39 is 0 Å². The van der Waals surface area contributed by atoms with Crippen LogP contribution < -0.4 is 4.74 Å². The highest BCUT2D eigenvalue weighted by atomic mass is 32.2. The van der Waals surface area contributed by atoms with Gasteiger partial charge in [-0.15, -0.1) is 11.8 Å². The van der Waals surface area contributed by atoms with E-state index in [2.05, 4.69) is 112 Å². The van der Waals surface area contributed by atoms with Gasteiger partial charge in [0.2, 0.25) is 0 Å². The number of nitrogens with zero attached hydrogens (tertiary/aromatic N) is 4. The lowest BCUT2D eigenvalue weighted by Crippen LogP contribution is -2.01. The van der Waals surface area contributed by atoms with E-state index in [0.717, 1.165) is 51.8 Å². The number of rotatable bonds is 9. The Kier molecular flexibility index (Phi) is 8.14. The molecule has 0 atom stereocenters. The summed E-state index contributed by atoms with van der Waals surface area (Å²) in [6.45, 7) is 11.1. The molecule has 0 fully saturated rings. The van der Waals surface area contributed by atoms with Gasteiger partial charge in [0.15, 0.2) is 0 Å². The van der Waals surface area contributed by atoms with Gasteiger partial charge in [-0.3, -0.25) is 4.57 Å². The second-order valence-corrected chi connectivity index (χ2v) is 13.6. The minimum Gasteiger partial charge on any atom is -0.457 e. The number of hydrogen-bond donors (Lipinski definition) is 0. The predicted molar refractivity (Wildman–Crippen MR) is 192 cm³/mol. The van der Waals surface area contributed by atoms with Crippen molar-refractivity contribution in [1.29, 1.82) is 0 Å². The van der Waals surface area contributed by atoms with Gasteiger partial charge in [0.05, 0.1) is 22.9 Å². The lowest BCUT2D eigenvalue weighted by Gasteiger charge is -2.12. The van der Waals surface area contributed by atoms with Crippen molar-refractivity contribution in [3.05, 3.63) is 126 Å². The second kappa shape index (κ2) is 12.5. The molecule has 7 rings (SSSR count). The average molecular weight is 623 g/mol. The van der Waals surface area contributed by atoms with Crippen molar-refractivity contribution in [2.45, 2.75) is 45.9 Å². The zero-order valence-electron chi connectivity index (χ0n) is 27.0. The molecule has 6 heteroatoms. The molecule has 0 radical (unpaired) electrons. The Hall–Kier alpha value is -4.81. The van der Waals surface area contributed by atoms with E-state index in [1.807, 2.05) is 53.1 Å². The first-order valence-corrected chi connectivity index (χ1v) is 16.9. The van der Waals surface area contributed by atoms with Gasteiger partial charge in [0.25, 0.3) is 0 Å². The summed E-state index contributed by atoms with van der Waals surface area (Å²) < 4.78 is 10.7. The zero-order valence-corrected chi connectivity index (χ0v) is 27.8. The van der Waals surface area contributed by atoms with Gasteiger partial charge in [-0.1, -0.05) is 45.0 Å². The number of pyridine rings is 1. The number of benzene rings is 4. The van der Waals surface area contributed by atoms with Crippen LogP contribution in [0.5, 0.6) is 11.5 Å². The van der Waals surface area contributed by atoms with Crippen molar-refractivity contribution < 1.29 is 4.74 Å². The highest BCUT2D eigenvalue weighted by Crippen LogP contribution is 2.36. The first kappa shape index (κ1) is 29.9. The fourth-order valence-electron chi connectivity index (χ4n) is 6.49. The predicted octanol–water partition coefficient (Wildman–Crippen LogP) is 10.8. The van der Waals surface area contributed by atoms with Crippen LogP contribution in [0.15, 0.2) is 114 Å². The minimum absolute atomic E-state index is 0.571. The molecule has 3 aromatic heterocycles. The van der Waals surface area contributed by atoms with E-state index in [0.29, 0.717) is 5.92 Å². The maximum atomic E-state index is 6.50. The highest BCUT2D eigenvalue weighted by Gasteiger charge is 2.16. The van der Waals surface area contributed by atoms with Crippen molar-refractivity contribution in [1.82, 2.24) is 19.3 Å². The molecule has 4 aromatic carbocycles. The van der Waals surface area contributed by atoms with E-state index in [1.165, 1.54) is 37.9 Å². The zero-order chi connectivity index (χ0) is 31.8. The van der Waals surface area contributed by atoms with Crippen LogP contribution in [0.2, 0.25) is 0 Å². The van der Waals surface area contributed by atoms with Crippen molar-refractivity contribution in [2.24, 2.45) is 5.92 Å². The summed E-state index contributed by atoms with van der Waals surface area (Å²) in [6.07, 6.45) is 6.99. The molecular weight excluding hydrogens is 585 g/mol. The molecule has 0 amide bonds. The quantitative estimate of drug-likeness (QED) is 0.150. The van der Waals surface area contributed by atoms with Crippen LogP contribution in [0.1, 0.15) is 37.5 Å². The van der Waals surface area contributed by atoms with Gasteiger partial charge >= 0.3 is 0 Å². The van der Waals surface area contributed by atoms with Gasteiger partial charge in [-0.05, 0) is 109 Å². The van der Waals surface area contributed by atoms with Crippen LogP contribution >= 0.6 is 11.8 Å². The highest BCUT2D eigenvalue weighted by molar-refractivity contribution is 7.99. The molecule has 7 aromatic rings. The van der Waals surface area contributed by atoms with Crippen molar-refractivity contribution in [2.75, 3.05) is 5.75 Å². The molecule has 0 saturated carbocycles. The third-order valence-electron chi connectivity index (χ3n) is 8.33. The van der Waals surface area contributed by atoms with Gasteiger partial charge in [0, 0.05) is 45.8 Å². The Morgan fingerprint density at radius 3 is 2.39 bits per heavy atom. The fourth-order valence-corrected chi connectivity index (χ4v) is 7.34. The number of hydrogen-bond acceptors (Lipinski definition) is 4. The van der Waals surface area contributed by atoms with Gasteiger partial charge in [-0.2, -0.15) is 5.10 Å². The summed E-state index contributed by atoms with van der Waals surface area (Å²) in [7, 11) is 0. The van der Waals surface area contributed by atoms with Gasteiger partial charge in [-0.25, -0.2) is 9.67 Å². The fraction of sp³-hybridized carbons (Fsp3) is 0.200. The van der Waals surface area contributed by atoms with E-state index >= 15 is 0 Å². The van der Waals surface area contributed by atoms with Crippen molar-refractivity contribution >= 4 is 33.6 Å². The van der Waals surface area contributed by atoms with Crippen LogP contribution in [0, 0.1) is 19.8 Å². The molecule has 5 nitrogen and oxygen atoms in total. The summed E-state index contributed by atoms with van der Waals surface area (Å²) in [4.78, 5) is 6.12. The van der Waals surface area contributed by atoms with E-state index in [1.54, 1.807) is 0 Å². The number of thioether (sulfide) groups is 1. The Bertz CT molecular complexity index is 2170. The normalized spacial score (nSPS) is 11.6. The molecule has 0 saturated heterocycles. The summed E-state index contributed by atoms with van der Waals surface area (Å²) in [6, 6.07) is 31.8. The first-order valence-electron chi connectivity index (χ1n) is 15.9. The Balaban J connectivity index is 1.22. The third-order valence-corrected chi connectivity index (χ3v) is 9.19. The van der Waals surface area contributed by atoms with Crippen molar-refractivity contribution in [3.8, 4) is 34.1 Å². The van der Waals surface area contributed by atoms with E-state index in [9.17, 15) is 0 Å².